The second kappa shape index (κ2) is 8.47. The molecule has 0 unspecified atom stereocenters. The van der Waals surface area contributed by atoms with Gasteiger partial charge in [-0.3, -0.25) is 0 Å². The zero-order valence-corrected chi connectivity index (χ0v) is 15.1. The SMILES string of the molecule is CC(C)CC[C@@H](O)[C@@H](N)c1cc(Br)cc(Br)c1N.Cl. The first-order valence-electron chi connectivity index (χ1n) is 6.01. The summed E-state index contributed by atoms with van der Waals surface area (Å²) in [4.78, 5) is 0. The molecule has 0 aromatic heterocycles. The van der Waals surface area contributed by atoms with Crippen LogP contribution in [0.15, 0.2) is 21.1 Å². The maximum atomic E-state index is 10.1. The number of rotatable bonds is 5. The Kier molecular flexibility index (Phi) is 8.56. The first-order valence-corrected chi connectivity index (χ1v) is 7.59. The predicted molar refractivity (Wildman–Crippen MR) is 90.5 cm³/mol. The average Bonchev–Trinajstić information content (AvgIpc) is 2.29. The van der Waals surface area contributed by atoms with Crippen molar-refractivity contribution in [3.8, 4) is 0 Å². The van der Waals surface area contributed by atoms with Crippen LogP contribution in [0.3, 0.4) is 0 Å². The van der Waals surface area contributed by atoms with Gasteiger partial charge in [0.1, 0.15) is 0 Å². The number of anilines is 1. The lowest BCUT2D eigenvalue weighted by Crippen LogP contribution is -2.27. The molecule has 6 heteroatoms. The number of hydrogen-bond donors (Lipinski definition) is 3. The number of benzene rings is 1. The van der Waals surface area contributed by atoms with Crippen LogP contribution in [0, 0.1) is 5.92 Å². The van der Waals surface area contributed by atoms with Gasteiger partial charge < -0.3 is 16.6 Å². The van der Waals surface area contributed by atoms with Crippen LogP contribution < -0.4 is 11.5 Å². The predicted octanol–water partition coefficient (Wildman–Crippen LogP) is 4.01. The highest BCUT2D eigenvalue weighted by atomic mass is 79.9. The zero-order chi connectivity index (χ0) is 13.9. The fourth-order valence-electron chi connectivity index (χ4n) is 1.77. The second-order valence-electron chi connectivity index (χ2n) is 4.95. The molecule has 5 N–H and O–H groups in total. The van der Waals surface area contributed by atoms with E-state index in [9.17, 15) is 5.11 Å². The summed E-state index contributed by atoms with van der Waals surface area (Å²) < 4.78 is 1.68. The van der Waals surface area contributed by atoms with Gasteiger partial charge in [-0.25, -0.2) is 0 Å². The number of halogens is 3. The molecule has 0 radical (unpaired) electrons. The topological polar surface area (TPSA) is 72.3 Å². The Morgan fingerprint density at radius 3 is 2.32 bits per heavy atom. The molecule has 1 aromatic rings. The van der Waals surface area contributed by atoms with E-state index >= 15 is 0 Å². The molecule has 1 rings (SSSR count). The van der Waals surface area contributed by atoms with Crippen LogP contribution in [0.2, 0.25) is 0 Å². The number of aliphatic hydroxyl groups excluding tert-OH is 1. The van der Waals surface area contributed by atoms with Crippen LogP contribution in [0.25, 0.3) is 0 Å². The molecule has 2 atom stereocenters. The second-order valence-corrected chi connectivity index (χ2v) is 6.72. The van der Waals surface area contributed by atoms with Crippen molar-refractivity contribution < 1.29 is 5.11 Å². The van der Waals surface area contributed by atoms with E-state index < -0.39 is 12.1 Å². The monoisotopic (exact) mass is 414 g/mol. The van der Waals surface area contributed by atoms with E-state index in [4.69, 9.17) is 11.5 Å². The summed E-state index contributed by atoms with van der Waals surface area (Å²) >= 11 is 6.79. The van der Waals surface area contributed by atoms with Gasteiger partial charge in [0.05, 0.1) is 17.8 Å². The first-order chi connectivity index (χ1) is 8.32. The van der Waals surface area contributed by atoms with Crippen molar-refractivity contribution in [2.45, 2.75) is 38.8 Å². The summed E-state index contributed by atoms with van der Waals surface area (Å²) in [5, 5.41) is 10.1. The van der Waals surface area contributed by atoms with E-state index in [-0.39, 0.29) is 12.4 Å². The molecular weight excluding hydrogens is 395 g/mol. The van der Waals surface area contributed by atoms with Crippen molar-refractivity contribution in [2.24, 2.45) is 11.7 Å². The van der Waals surface area contributed by atoms with E-state index in [0.29, 0.717) is 18.0 Å². The van der Waals surface area contributed by atoms with Crippen molar-refractivity contribution in [1.29, 1.82) is 0 Å². The fourth-order valence-corrected chi connectivity index (χ4v) is 3.03. The van der Waals surface area contributed by atoms with Crippen molar-refractivity contribution in [3.05, 3.63) is 26.6 Å². The van der Waals surface area contributed by atoms with E-state index in [0.717, 1.165) is 20.9 Å². The normalized spacial score (nSPS) is 14.1. The Morgan fingerprint density at radius 2 is 1.79 bits per heavy atom. The van der Waals surface area contributed by atoms with Crippen molar-refractivity contribution in [1.82, 2.24) is 0 Å². The molecule has 110 valence electrons. The highest BCUT2D eigenvalue weighted by Crippen LogP contribution is 2.33. The minimum atomic E-state index is -0.573. The van der Waals surface area contributed by atoms with Gasteiger partial charge in [-0.2, -0.15) is 0 Å². The first kappa shape index (κ1) is 19.2. The minimum Gasteiger partial charge on any atom is -0.398 e. The summed E-state index contributed by atoms with van der Waals surface area (Å²) in [6.45, 7) is 4.25. The quantitative estimate of drug-likeness (QED) is 0.635. The number of nitrogen functional groups attached to an aromatic ring is 1. The Labute approximate surface area is 137 Å². The molecule has 0 aliphatic carbocycles. The van der Waals surface area contributed by atoms with Gasteiger partial charge in [0.15, 0.2) is 0 Å². The number of hydrogen-bond acceptors (Lipinski definition) is 3. The van der Waals surface area contributed by atoms with Crippen molar-refractivity contribution in [2.75, 3.05) is 5.73 Å². The number of aliphatic hydroxyl groups is 1. The molecule has 0 saturated carbocycles. The van der Waals surface area contributed by atoms with Gasteiger partial charge in [0.25, 0.3) is 0 Å². The number of nitrogens with two attached hydrogens (primary N) is 2. The molecule has 0 aliphatic heterocycles. The molecule has 0 fully saturated rings. The Balaban J connectivity index is 0.00000324. The van der Waals surface area contributed by atoms with E-state index in [1.807, 2.05) is 12.1 Å². The van der Waals surface area contributed by atoms with Gasteiger partial charge in [0.2, 0.25) is 0 Å². The summed E-state index contributed by atoms with van der Waals surface area (Å²) in [5.41, 5.74) is 13.4. The third-order valence-corrected chi connectivity index (χ3v) is 4.05. The van der Waals surface area contributed by atoms with E-state index in [1.54, 1.807) is 0 Å². The lowest BCUT2D eigenvalue weighted by Gasteiger charge is -2.22. The van der Waals surface area contributed by atoms with Gasteiger partial charge in [-0.1, -0.05) is 29.8 Å². The van der Waals surface area contributed by atoms with Crippen molar-refractivity contribution in [3.63, 3.8) is 0 Å². The fraction of sp³-hybridized carbons (Fsp3) is 0.538. The van der Waals surface area contributed by atoms with Gasteiger partial charge in [-0.05, 0) is 52.4 Å². The Bertz CT molecular complexity index is 416. The molecule has 19 heavy (non-hydrogen) atoms. The van der Waals surface area contributed by atoms with Gasteiger partial charge in [-0.15, -0.1) is 12.4 Å². The summed E-state index contributed by atoms with van der Waals surface area (Å²) in [7, 11) is 0. The summed E-state index contributed by atoms with van der Waals surface area (Å²) in [6.07, 6.45) is 1.06. The zero-order valence-electron chi connectivity index (χ0n) is 11.1. The highest BCUT2D eigenvalue weighted by Gasteiger charge is 2.20. The van der Waals surface area contributed by atoms with Crippen LogP contribution in [-0.4, -0.2) is 11.2 Å². The van der Waals surface area contributed by atoms with Crippen LogP contribution in [0.1, 0.15) is 38.3 Å². The molecule has 0 bridgehead atoms. The molecule has 0 heterocycles. The van der Waals surface area contributed by atoms with E-state index in [1.165, 1.54) is 0 Å². The van der Waals surface area contributed by atoms with Crippen LogP contribution in [0.4, 0.5) is 5.69 Å². The Hall–Kier alpha value is 0.190. The maximum Gasteiger partial charge on any atom is 0.0733 e. The van der Waals surface area contributed by atoms with Crippen molar-refractivity contribution >= 4 is 50.0 Å². The van der Waals surface area contributed by atoms with Crippen LogP contribution >= 0.6 is 44.3 Å². The van der Waals surface area contributed by atoms with Gasteiger partial charge >= 0.3 is 0 Å². The summed E-state index contributed by atoms with van der Waals surface area (Å²) in [5.74, 6) is 0.554. The lowest BCUT2D eigenvalue weighted by molar-refractivity contribution is 0.128. The highest BCUT2D eigenvalue weighted by molar-refractivity contribution is 9.11. The molecule has 0 spiro atoms. The molecular formula is C13H21Br2ClN2O. The molecule has 1 aromatic carbocycles. The summed E-state index contributed by atoms with van der Waals surface area (Å²) in [6, 6.07) is 3.27. The van der Waals surface area contributed by atoms with Crippen LogP contribution in [-0.2, 0) is 0 Å². The standard InChI is InChI=1S/C13H20Br2N2O.ClH/c1-7(2)3-4-11(18)13(17)9-5-8(14)6-10(15)12(9)16;/h5-7,11,13,18H,3-4,16-17H2,1-2H3;1H/t11-,13+;/m1./s1. The van der Waals surface area contributed by atoms with Crippen LogP contribution in [0.5, 0.6) is 0 Å². The smallest absolute Gasteiger partial charge is 0.0733 e. The molecule has 0 saturated heterocycles. The maximum absolute atomic E-state index is 10.1. The average molecular weight is 417 g/mol. The molecule has 3 nitrogen and oxygen atoms in total. The molecule has 0 aliphatic rings. The molecule has 0 amide bonds. The van der Waals surface area contributed by atoms with Gasteiger partial charge in [0, 0.05) is 8.95 Å². The minimum absolute atomic E-state index is 0. The Morgan fingerprint density at radius 1 is 1.21 bits per heavy atom. The third-order valence-electron chi connectivity index (χ3n) is 2.94. The lowest BCUT2D eigenvalue weighted by atomic mass is 9.95. The third kappa shape index (κ3) is 5.60. The largest absolute Gasteiger partial charge is 0.398 e. The van der Waals surface area contributed by atoms with E-state index in [2.05, 4.69) is 45.7 Å².